The molecule has 8 heteroatoms. The summed E-state index contributed by atoms with van der Waals surface area (Å²) >= 11 is 12.0. The van der Waals surface area contributed by atoms with Crippen LogP contribution in [0.25, 0.3) is 0 Å². The third-order valence-electron chi connectivity index (χ3n) is 4.44. The molecule has 2 aromatic rings. The molecule has 1 aromatic heterocycles. The standard InChI is InChI=1S/C19H20Cl2N2O4/c1-2-26-19(25)13-7-9-27-17(13)11-23-8-3-4-16(23)18(24)22-15-6-5-12(20)10-14(15)21/h5-7,9-10,16H,2-4,8,11H2,1H3,(H,22,24)/t16-/m0/s1. The van der Waals surface area contributed by atoms with Crippen LogP contribution in [0.5, 0.6) is 0 Å². The van der Waals surface area contributed by atoms with E-state index in [9.17, 15) is 9.59 Å². The zero-order valence-electron chi connectivity index (χ0n) is 14.8. The summed E-state index contributed by atoms with van der Waals surface area (Å²) in [6.45, 7) is 3.13. The molecule has 2 heterocycles. The van der Waals surface area contributed by atoms with Crippen molar-refractivity contribution in [3.63, 3.8) is 0 Å². The largest absolute Gasteiger partial charge is 0.467 e. The molecule has 1 atom stereocenters. The number of rotatable bonds is 6. The van der Waals surface area contributed by atoms with Gasteiger partial charge >= 0.3 is 5.97 Å². The Bertz CT molecular complexity index is 837. The Balaban J connectivity index is 1.69. The summed E-state index contributed by atoms with van der Waals surface area (Å²) in [4.78, 5) is 26.7. The molecule has 0 aliphatic carbocycles. The average Bonchev–Trinajstić information content (AvgIpc) is 3.27. The number of likely N-dealkylation sites (tertiary alicyclic amines) is 1. The van der Waals surface area contributed by atoms with Crippen LogP contribution in [0.1, 0.15) is 35.9 Å². The maximum atomic E-state index is 12.7. The van der Waals surface area contributed by atoms with Crippen LogP contribution < -0.4 is 5.32 Å². The van der Waals surface area contributed by atoms with Gasteiger partial charge in [0, 0.05) is 5.02 Å². The highest BCUT2D eigenvalue weighted by Crippen LogP contribution is 2.28. The molecule has 1 fully saturated rings. The Hall–Kier alpha value is -2.02. The number of carbonyl (C=O) groups excluding carboxylic acids is 2. The van der Waals surface area contributed by atoms with E-state index in [4.69, 9.17) is 32.4 Å². The number of amides is 1. The van der Waals surface area contributed by atoms with E-state index in [1.165, 1.54) is 6.26 Å². The van der Waals surface area contributed by atoms with Crippen molar-refractivity contribution in [2.75, 3.05) is 18.5 Å². The van der Waals surface area contributed by atoms with Gasteiger partial charge in [-0.15, -0.1) is 0 Å². The number of nitrogens with zero attached hydrogens (tertiary/aromatic N) is 1. The summed E-state index contributed by atoms with van der Waals surface area (Å²) in [5.41, 5.74) is 0.909. The maximum absolute atomic E-state index is 12.7. The number of carbonyl (C=O) groups is 2. The second-order valence-corrected chi connectivity index (χ2v) is 7.06. The van der Waals surface area contributed by atoms with Gasteiger partial charge < -0.3 is 14.5 Å². The summed E-state index contributed by atoms with van der Waals surface area (Å²) in [7, 11) is 0. The molecule has 0 saturated carbocycles. The van der Waals surface area contributed by atoms with Crippen molar-refractivity contribution in [3.05, 3.63) is 51.9 Å². The fraction of sp³-hybridized carbons (Fsp3) is 0.368. The molecule has 0 unspecified atom stereocenters. The third kappa shape index (κ3) is 4.64. The number of benzene rings is 1. The number of anilines is 1. The van der Waals surface area contributed by atoms with Crippen molar-refractivity contribution in [2.24, 2.45) is 0 Å². The molecule has 1 amide bonds. The Morgan fingerprint density at radius 2 is 2.15 bits per heavy atom. The highest BCUT2D eigenvalue weighted by atomic mass is 35.5. The molecule has 144 valence electrons. The van der Waals surface area contributed by atoms with E-state index in [0.717, 1.165) is 13.0 Å². The van der Waals surface area contributed by atoms with Gasteiger partial charge in [-0.1, -0.05) is 23.2 Å². The minimum Gasteiger partial charge on any atom is -0.467 e. The second-order valence-electron chi connectivity index (χ2n) is 6.22. The molecular weight excluding hydrogens is 391 g/mol. The monoisotopic (exact) mass is 410 g/mol. The van der Waals surface area contributed by atoms with Crippen LogP contribution in [0.15, 0.2) is 34.9 Å². The van der Waals surface area contributed by atoms with Gasteiger partial charge in [-0.2, -0.15) is 0 Å². The van der Waals surface area contributed by atoms with Crippen molar-refractivity contribution in [2.45, 2.75) is 32.4 Å². The second kappa shape index (κ2) is 8.78. The quantitative estimate of drug-likeness (QED) is 0.715. The summed E-state index contributed by atoms with van der Waals surface area (Å²) < 4.78 is 10.5. The molecule has 1 saturated heterocycles. The first-order chi connectivity index (χ1) is 13.0. The molecule has 1 aromatic carbocycles. The smallest absolute Gasteiger partial charge is 0.341 e. The number of hydrogen-bond acceptors (Lipinski definition) is 5. The molecule has 0 spiro atoms. The summed E-state index contributed by atoms with van der Waals surface area (Å²) in [5, 5.41) is 3.74. The first kappa shape index (κ1) is 19.7. The molecule has 0 bridgehead atoms. The van der Waals surface area contributed by atoms with Crippen LogP contribution in [0.4, 0.5) is 5.69 Å². The molecule has 6 nitrogen and oxygen atoms in total. The van der Waals surface area contributed by atoms with Crippen LogP contribution in [-0.4, -0.2) is 36.0 Å². The van der Waals surface area contributed by atoms with E-state index >= 15 is 0 Å². The van der Waals surface area contributed by atoms with E-state index in [0.29, 0.717) is 46.6 Å². The van der Waals surface area contributed by atoms with Crippen LogP contribution >= 0.6 is 23.2 Å². The number of furan rings is 1. The van der Waals surface area contributed by atoms with Gasteiger partial charge in [0.2, 0.25) is 5.91 Å². The number of ether oxygens (including phenoxy) is 1. The number of halogens is 2. The summed E-state index contributed by atoms with van der Waals surface area (Å²) in [6, 6.07) is 6.18. The zero-order valence-corrected chi connectivity index (χ0v) is 16.3. The highest BCUT2D eigenvalue weighted by Gasteiger charge is 2.32. The SMILES string of the molecule is CCOC(=O)c1ccoc1CN1CCC[C@H]1C(=O)Nc1ccc(Cl)cc1Cl. The van der Waals surface area contributed by atoms with E-state index < -0.39 is 5.97 Å². The van der Waals surface area contributed by atoms with Crippen LogP contribution in [-0.2, 0) is 16.1 Å². The first-order valence-electron chi connectivity index (χ1n) is 8.73. The van der Waals surface area contributed by atoms with Crippen molar-refractivity contribution in [1.29, 1.82) is 0 Å². The zero-order chi connectivity index (χ0) is 19.4. The summed E-state index contributed by atoms with van der Waals surface area (Å²) in [6.07, 6.45) is 3.05. The molecule has 1 N–H and O–H groups in total. The molecule has 1 aliphatic rings. The Labute approximate surface area is 167 Å². The van der Waals surface area contributed by atoms with Gasteiger partial charge in [0.15, 0.2) is 0 Å². The van der Waals surface area contributed by atoms with Crippen molar-refractivity contribution >= 4 is 40.8 Å². The fourth-order valence-corrected chi connectivity index (χ4v) is 3.61. The predicted octanol–water partition coefficient (Wildman–Crippen LogP) is 4.37. The number of nitrogens with one attached hydrogen (secondary N) is 1. The lowest BCUT2D eigenvalue weighted by atomic mass is 10.2. The van der Waals surface area contributed by atoms with Crippen molar-refractivity contribution in [1.82, 2.24) is 4.90 Å². The molecule has 1 aliphatic heterocycles. The van der Waals surface area contributed by atoms with Gasteiger partial charge in [0.05, 0.1) is 36.2 Å². The predicted molar refractivity (Wildman–Crippen MR) is 103 cm³/mol. The fourth-order valence-electron chi connectivity index (χ4n) is 3.16. The Morgan fingerprint density at radius 3 is 2.89 bits per heavy atom. The van der Waals surface area contributed by atoms with Crippen LogP contribution in [0, 0.1) is 0 Å². The maximum Gasteiger partial charge on any atom is 0.341 e. The van der Waals surface area contributed by atoms with Gasteiger partial charge in [-0.25, -0.2) is 4.79 Å². The molecule has 27 heavy (non-hydrogen) atoms. The topological polar surface area (TPSA) is 71.8 Å². The van der Waals surface area contributed by atoms with Gasteiger partial charge in [-0.05, 0) is 50.6 Å². The van der Waals surface area contributed by atoms with Crippen molar-refractivity contribution < 1.29 is 18.7 Å². The van der Waals surface area contributed by atoms with Crippen LogP contribution in [0.3, 0.4) is 0 Å². The van der Waals surface area contributed by atoms with Crippen molar-refractivity contribution in [3.8, 4) is 0 Å². The van der Waals surface area contributed by atoms with Gasteiger partial charge in [0.25, 0.3) is 0 Å². The molecule has 0 radical (unpaired) electrons. The Morgan fingerprint density at radius 1 is 1.33 bits per heavy atom. The molecular formula is C19H20Cl2N2O4. The van der Waals surface area contributed by atoms with Crippen LogP contribution in [0.2, 0.25) is 10.0 Å². The minimum atomic E-state index is -0.422. The minimum absolute atomic E-state index is 0.152. The van der Waals surface area contributed by atoms with Gasteiger partial charge in [-0.3, -0.25) is 9.69 Å². The number of esters is 1. The third-order valence-corrected chi connectivity index (χ3v) is 4.99. The van der Waals surface area contributed by atoms with E-state index in [-0.39, 0.29) is 11.9 Å². The summed E-state index contributed by atoms with van der Waals surface area (Å²) in [5.74, 6) is -0.0759. The lowest BCUT2D eigenvalue weighted by Crippen LogP contribution is -2.39. The van der Waals surface area contributed by atoms with Gasteiger partial charge in [0.1, 0.15) is 11.3 Å². The Kier molecular flexibility index (Phi) is 6.42. The van der Waals surface area contributed by atoms with E-state index in [1.54, 1.807) is 31.2 Å². The highest BCUT2D eigenvalue weighted by molar-refractivity contribution is 6.36. The lowest BCUT2D eigenvalue weighted by molar-refractivity contribution is -0.120. The number of hydrogen-bond donors (Lipinski definition) is 1. The lowest BCUT2D eigenvalue weighted by Gasteiger charge is -2.23. The average molecular weight is 411 g/mol. The van der Waals surface area contributed by atoms with E-state index in [2.05, 4.69) is 5.32 Å². The van der Waals surface area contributed by atoms with E-state index in [1.807, 2.05) is 4.90 Å². The molecule has 3 rings (SSSR count). The first-order valence-corrected chi connectivity index (χ1v) is 9.48. The normalized spacial score (nSPS) is 17.1.